The molecular formula is C75H146O17P2. The van der Waals surface area contributed by atoms with Crippen molar-refractivity contribution in [2.75, 3.05) is 39.6 Å². The smallest absolute Gasteiger partial charge is 0.462 e. The number of aliphatic hydroxyl groups is 1. The number of carbonyl (C=O) groups is 4. The second kappa shape index (κ2) is 64.4. The molecule has 94 heavy (non-hydrogen) atoms. The van der Waals surface area contributed by atoms with E-state index in [1.54, 1.807) is 0 Å². The van der Waals surface area contributed by atoms with E-state index >= 15 is 0 Å². The van der Waals surface area contributed by atoms with Gasteiger partial charge in [-0.05, 0) is 49.4 Å². The van der Waals surface area contributed by atoms with E-state index in [9.17, 15) is 43.2 Å². The molecule has 0 aliphatic carbocycles. The number of ether oxygens (including phenoxy) is 4. The van der Waals surface area contributed by atoms with Gasteiger partial charge < -0.3 is 33.8 Å². The van der Waals surface area contributed by atoms with Gasteiger partial charge in [0.15, 0.2) is 12.2 Å². The van der Waals surface area contributed by atoms with E-state index in [1.165, 1.54) is 167 Å². The van der Waals surface area contributed by atoms with Crippen LogP contribution in [-0.4, -0.2) is 96.7 Å². The molecule has 0 aliphatic heterocycles. The molecule has 0 spiro atoms. The Hall–Kier alpha value is -1.94. The van der Waals surface area contributed by atoms with E-state index in [4.69, 9.17) is 37.0 Å². The number of rotatable bonds is 72. The molecule has 558 valence electrons. The molecule has 3 unspecified atom stereocenters. The van der Waals surface area contributed by atoms with Crippen molar-refractivity contribution >= 4 is 39.5 Å². The van der Waals surface area contributed by atoms with Gasteiger partial charge in [-0.3, -0.25) is 37.3 Å². The molecule has 0 heterocycles. The molecule has 0 aliphatic rings. The predicted octanol–water partition coefficient (Wildman–Crippen LogP) is 21.7. The number of hydrogen-bond acceptors (Lipinski definition) is 15. The largest absolute Gasteiger partial charge is 0.472 e. The van der Waals surface area contributed by atoms with Gasteiger partial charge in [0, 0.05) is 25.7 Å². The fraction of sp³-hybridized carbons (Fsp3) is 0.947. The van der Waals surface area contributed by atoms with Crippen LogP contribution < -0.4 is 0 Å². The first-order valence-electron chi connectivity index (χ1n) is 38.7. The van der Waals surface area contributed by atoms with E-state index in [1.807, 2.05) is 0 Å². The molecule has 0 fully saturated rings. The quantitative estimate of drug-likeness (QED) is 0.0222. The molecule has 0 aromatic rings. The zero-order valence-corrected chi connectivity index (χ0v) is 63.4. The third-order valence-electron chi connectivity index (χ3n) is 17.7. The van der Waals surface area contributed by atoms with Crippen molar-refractivity contribution < 1.29 is 80.2 Å². The van der Waals surface area contributed by atoms with Gasteiger partial charge in [-0.1, -0.05) is 325 Å². The second-order valence-corrected chi connectivity index (χ2v) is 31.6. The monoisotopic (exact) mass is 1380 g/mol. The van der Waals surface area contributed by atoms with Gasteiger partial charge in [0.25, 0.3) is 0 Å². The Morgan fingerprint density at radius 1 is 0.298 bits per heavy atom. The number of hydrogen-bond donors (Lipinski definition) is 3. The summed E-state index contributed by atoms with van der Waals surface area (Å²) >= 11 is 0. The number of carbonyl (C=O) groups excluding carboxylic acids is 4. The average Bonchev–Trinajstić information content (AvgIpc) is 1.18. The van der Waals surface area contributed by atoms with Crippen molar-refractivity contribution in [2.45, 2.75) is 395 Å². The van der Waals surface area contributed by atoms with Crippen LogP contribution in [0.15, 0.2) is 0 Å². The molecule has 3 N–H and O–H groups in total. The number of aliphatic hydroxyl groups excluding tert-OH is 1. The minimum Gasteiger partial charge on any atom is -0.462 e. The summed E-state index contributed by atoms with van der Waals surface area (Å²) in [6.07, 6.45) is 49.0. The summed E-state index contributed by atoms with van der Waals surface area (Å²) in [6, 6.07) is 0. The van der Waals surface area contributed by atoms with E-state index in [0.717, 1.165) is 115 Å². The van der Waals surface area contributed by atoms with Crippen LogP contribution in [0, 0.1) is 23.7 Å². The first kappa shape index (κ1) is 92.1. The average molecular weight is 1380 g/mol. The maximum Gasteiger partial charge on any atom is 0.472 e. The SMILES string of the molecule is CCC(C)CCCCCCCCCCCCCCCCCCCCC(=O)O[C@H](COC(=O)CCCCCCCCC(C)C)COP(=O)(O)OC[C@@H](O)COP(=O)(O)OC[C@@H](COC(=O)CCCCCCCCC(C)C)OC(=O)CCCCCCCCCCCCCC(C)C. The summed E-state index contributed by atoms with van der Waals surface area (Å²) in [6.45, 7) is 14.1. The molecular weight excluding hydrogens is 1230 g/mol. The van der Waals surface area contributed by atoms with E-state index in [0.29, 0.717) is 37.5 Å². The van der Waals surface area contributed by atoms with Gasteiger partial charge in [0.2, 0.25) is 0 Å². The first-order valence-corrected chi connectivity index (χ1v) is 41.7. The summed E-state index contributed by atoms with van der Waals surface area (Å²) in [4.78, 5) is 72.6. The number of esters is 4. The van der Waals surface area contributed by atoms with E-state index in [-0.39, 0.29) is 25.7 Å². The Bertz CT molecular complexity index is 1850. The molecule has 19 heteroatoms. The lowest BCUT2D eigenvalue weighted by molar-refractivity contribution is -0.161. The van der Waals surface area contributed by atoms with Crippen molar-refractivity contribution in [3.63, 3.8) is 0 Å². The summed E-state index contributed by atoms with van der Waals surface area (Å²) in [7, 11) is -9.91. The number of unbranched alkanes of at least 4 members (excludes halogenated alkanes) is 37. The normalized spacial score (nSPS) is 14.4. The molecule has 0 saturated carbocycles. The molecule has 0 radical (unpaired) electrons. The van der Waals surface area contributed by atoms with Gasteiger partial charge in [0.05, 0.1) is 26.4 Å². The zero-order valence-electron chi connectivity index (χ0n) is 61.6. The first-order chi connectivity index (χ1) is 45.1. The molecule has 0 saturated heterocycles. The van der Waals surface area contributed by atoms with Crippen molar-refractivity contribution in [1.29, 1.82) is 0 Å². The third kappa shape index (κ3) is 67.3. The van der Waals surface area contributed by atoms with Crippen LogP contribution in [0.25, 0.3) is 0 Å². The summed E-state index contributed by atoms with van der Waals surface area (Å²) in [5, 5.41) is 10.6. The summed E-state index contributed by atoms with van der Waals surface area (Å²) in [5.74, 6) is 0.867. The van der Waals surface area contributed by atoms with Gasteiger partial charge in [-0.15, -0.1) is 0 Å². The molecule has 17 nitrogen and oxygen atoms in total. The van der Waals surface area contributed by atoms with Crippen LogP contribution in [0.4, 0.5) is 0 Å². The van der Waals surface area contributed by atoms with Gasteiger partial charge in [-0.25, -0.2) is 9.13 Å². The lowest BCUT2D eigenvalue weighted by atomic mass is 9.99. The summed E-state index contributed by atoms with van der Waals surface area (Å²) < 4.78 is 68.4. The van der Waals surface area contributed by atoms with E-state index < -0.39 is 97.5 Å². The van der Waals surface area contributed by atoms with Crippen molar-refractivity contribution in [1.82, 2.24) is 0 Å². The summed E-state index contributed by atoms with van der Waals surface area (Å²) in [5.41, 5.74) is 0. The van der Waals surface area contributed by atoms with Crippen LogP contribution in [-0.2, 0) is 65.4 Å². The lowest BCUT2D eigenvalue weighted by Crippen LogP contribution is -2.30. The molecule has 0 aromatic carbocycles. The Balaban J connectivity index is 5.13. The Labute approximate surface area is 575 Å². The van der Waals surface area contributed by atoms with Crippen LogP contribution in [0.5, 0.6) is 0 Å². The van der Waals surface area contributed by atoms with Crippen molar-refractivity contribution in [2.24, 2.45) is 23.7 Å². The second-order valence-electron chi connectivity index (χ2n) is 28.7. The minimum absolute atomic E-state index is 0.105. The number of phosphoric ester groups is 2. The Kier molecular flexibility index (Phi) is 63.1. The molecule has 0 aromatic heterocycles. The maximum absolute atomic E-state index is 13.0. The maximum atomic E-state index is 13.0. The topological polar surface area (TPSA) is 237 Å². The Morgan fingerprint density at radius 3 is 0.755 bits per heavy atom. The van der Waals surface area contributed by atoms with Crippen LogP contribution in [0.3, 0.4) is 0 Å². The fourth-order valence-electron chi connectivity index (χ4n) is 11.3. The standard InChI is InChI=1S/C75H146O17P2/c1-9-68(8)54-46-38-28-24-20-16-14-12-10-11-13-15-17-21-25-29-41-49-57-74(79)91-70(61-85-72(77)55-47-39-33-31-36-44-52-66(4)5)63-89-93(81,82)87-59-69(76)60-88-94(83,84)90-64-71(62-86-73(78)56-48-40-34-32-37-45-53-67(6)7)92-75(80)58-50-42-30-26-22-18-19-23-27-35-43-51-65(2)3/h65-71,76H,9-64H2,1-8H3,(H,81,82)(H,83,84)/t68?,69-,70-,71-/m1/s1. The van der Waals surface area contributed by atoms with Crippen molar-refractivity contribution in [3.05, 3.63) is 0 Å². The molecule has 0 rings (SSSR count). The Morgan fingerprint density at radius 2 is 0.511 bits per heavy atom. The van der Waals surface area contributed by atoms with Gasteiger partial charge in [-0.2, -0.15) is 0 Å². The highest BCUT2D eigenvalue weighted by Crippen LogP contribution is 2.45. The van der Waals surface area contributed by atoms with Gasteiger partial charge >= 0.3 is 39.5 Å². The third-order valence-corrected chi connectivity index (χ3v) is 19.6. The fourth-order valence-corrected chi connectivity index (χ4v) is 12.9. The van der Waals surface area contributed by atoms with Crippen molar-refractivity contribution in [3.8, 4) is 0 Å². The molecule has 0 bridgehead atoms. The minimum atomic E-state index is -4.95. The highest BCUT2D eigenvalue weighted by atomic mass is 31.2. The van der Waals surface area contributed by atoms with Gasteiger partial charge in [0.1, 0.15) is 19.3 Å². The zero-order chi connectivity index (χ0) is 69.6. The highest BCUT2D eigenvalue weighted by Gasteiger charge is 2.30. The highest BCUT2D eigenvalue weighted by molar-refractivity contribution is 7.47. The number of phosphoric acid groups is 2. The van der Waals surface area contributed by atoms with Crippen LogP contribution in [0.1, 0.15) is 376 Å². The van der Waals surface area contributed by atoms with E-state index in [2.05, 4.69) is 55.4 Å². The van der Waals surface area contributed by atoms with Crippen LogP contribution >= 0.6 is 15.6 Å². The molecule has 6 atom stereocenters. The lowest BCUT2D eigenvalue weighted by Gasteiger charge is -2.21. The molecule has 0 amide bonds. The van der Waals surface area contributed by atoms with Crippen LogP contribution in [0.2, 0.25) is 0 Å². The predicted molar refractivity (Wildman–Crippen MR) is 381 cm³/mol.